The first-order valence-corrected chi connectivity index (χ1v) is 4.59. The van der Waals surface area contributed by atoms with Crippen LogP contribution in [0.1, 0.15) is 17.7 Å². The molecular formula is C9H8F2N2O5. The van der Waals surface area contributed by atoms with Crippen molar-refractivity contribution in [3.8, 4) is 5.75 Å². The van der Waals surface area contributed by atoms with Crippen molar-refractivity contribution < 1.29 is 28.3 Å². The monoisotopic (exact) mass is 262 g/mol. The van der Waals surface area contributed by atoms with E-state index in [-0.39, 0.29) is 5.56 Å². The van der Waals surface area contributed by atoms with Crippen molar-refractivity contribution in [2.75, 3.05) is 7.11 Å². The Morgan fingerprint density at radius 2 is 2.28 bits per heavy atom. The molecule has 0 aliphatic heterocycles. The zero-order chi connectivity index (χ0) is 13.9. The molecule has 0 unspecified atom stereocenters. The first-order valence-electron chi connectivity index (χ1n) is 4.59. The number of halogens is 2. The second-order valence-corrected chi connectivity index (χ2v) is 3.19. The fourth-order valence-electron chi connectivity index (χ4n) is 1.36. The minimum Gasteiger partial charge on any atom is -0.492 e. The quantitative estimate of drug-likeness (QED) is 0.638. The van der Waals surface area contributed by atoms with Crippen LogP contribution in [0.2, 0.25) is 0 Å². The number of aromatic nitrogens is 1. The summed E-state index contributed by atoms with van der Waals surface area (Å²) in [6, 6.07) is 0.804. The summed E-state index contributed by atoms with van der Waals surface area (Å²) < 4.78 is 30.0. The summed E-state index contributed by atoms with van der Waals surface area (Å²) in [6.45, 7) is 0. The first kappa shape index (κ1) is 13.7. The Labute approximate surface area is 99.2 Å². The molecule has 0 aromatic carbocycles. The first-order chi connectivity index (χ1) is 8.36. The molecule has 0 saturated heterocycles. The van der Waals surface area contributed by atoms with Crippen LogP contribution in [-0.2, 0) is 11.2 Å². The molecule has 1 N–H and O–H groups in total. The van der Waals surface area contributed by atoms with Gasteiger partial charge in [0.1, 0.15) is 0 Å². The Morgan fingerprint density at radius 3 is 2.67 bits per heavy atom. The third-order valence-electron chi connectivity index (χ3n) is 2.00. The maximum Gasteiger partial charge on any atom is 0.364 e. The highest BCUT2D eigenvalue weighted by atomic mass is 19.3. The molecule has 0 radical (unpaired) electrons. The van der Waals surface area contributed by atoms with Gasteiger partial charge in [0.25, 0.3) is 5.69 Å². The van der Waals surface area contributed by atoms with E-state index in [1.54, 1.807) is 0 Å². The van der Waals surface area contributed by atoms with Crippen molar-refractivity contribution in [2.45, 2.75) is 12.8 Å². The van der Waals surface area contributed by atoms with Gasteiger partial charge < -0.3 is 20.0 Å². The predicted octanol–water partition coefficient (Wildman–Crippen LogP) is 1.56. The lowest BCUT2D eigenvalue weighted by Crippen LogP contribution is -2.08. The van der Waals surface area contributed by atoms with Crippen LogP contribution in [0.5, 0.6) is 5.75 Å². The predicted molar refractivity (Wildman–Crippen MR) is 53.7 cm³/mol. The molecule has 0 aliphatic rings. The van der Waals surface area contributed by atoms with Gasteiger partial charge in [0.05, 0.1) is 13.5 Å². The number of carboxylic acids is 1. The molecule has 0 bridgehead atoms. The number of hydrogen-bond acceptors (Lipinski definition) is 5. The summed E-state index contributed by atoms with van der Waals surface area (Å²) in [5.41, 5.74) is -1.16. The van der Waals surface area contributed by atoms with Gasteiger partial charge in [-0.1, -0.05) is 0 Å². The van der Waals surface area contributed by atoms with Crippen LogP contribution in [0.4, 0.5) is 14.6 Å². The number of alkyl halides is 2. The van der Waals surface area contributed by atoms with Crippen molar-refractivity contribution >= 4 is 11.8 Å². The van der Waals surface area contributed by atoms with E-state index >= 15 is 0 Å². The molecule has 0 aliphatic carbocycles. The highest BCUT2D eigenvalue weighted by molar-refractivity contribution is 5.72. The highest BCUT2D eigenvalue weighted by Gasteiger charge is 2.28. The summed E-state index contributed by atoms with van der Waals surface area (Å²) in [5.74, 6) is -2.62. The van der Waals surface area contributed by atoms with E-state index < -0.39 is 41.0 Å². The number of ether oxygens (including phenoxy) is 1. The third-order valence-corrected chi connectivity index (χ3v) is 2.00. The van der Waals surface area contributed by atoms with Crippen molar-refractivity contribution in [1.82, 2.24) is 4.98 Å². The Kier molecular flexibility index (Phi) is 4.08. The molecule has 9 heteroatoms. The lowest BCUT2D eigenvalue weighted by molar-refractivity contribution is -0.389. The SMILES string of the molecule is COc1c(CC(=O)O)cc([N+](=O)[O-])nc1C(F)F. The van der Waals surface area contributed by atoms with E-state index in [2.05, 4.69) is 9.72 Å². The molecular weight excluding hydrogens is 254 g/mol. The molecule has 0 atom stereocenters. The molecule has 98 valence electrons. The summed E-state index contributed by atoms with van der Waals surface area (Å²) in [4.78, 5) is 23.3. The molecule has 0 saturated carbocycles. The number of carboxylic acid groups (broad SMARTS) is 1. The molecule has 0 fully saturated rings. The summed E-state index contributed by atoms with van der Waals surface area (Å²) in [5, 5.41) is 19.1. The summed E-state index contributed by atoms with van der Waals surface area (Å²) >= 11 is 0. The molecule has 1 rings (SSSR count). The van der Waals surface area contributed by atoms with E-state index in [9.17, 15) is 23.7 Å². The number of aliphatic carboxylic acids is 1. The van der Waals surface area contributed by atoms with Crippen LogP contribution in [0.15, 0.2) is 6.07 Å². The summed E-state index contributed by atoms with van der Waals surface area (Å²) in [6.07, 6.45) is -3.78. The van der Waals surface area contributed by atoms with Crippen molar-refractivity contribution in [3.63, 3.8) is 0 Å². The summed E-state index contributed by atoms with van der Waals surface area (Å²) in [7, 11) is 1.06. The van der Waals surface area contributed by atoms with Gasteiger partial charge in [0, 0.05) is 11.6 Å². The van der Waals surface area contributed by atoms with E-state index in [1.807, 2.05) is 0 Å². The van der Waals surface area contributed by atoms with Crippen LogP contribution >= 0.6 is 0 Å². The van der Waals surface area contributed by atoms with Gasteiger partial charge in [-0.25, -0.2) is 8.78 Å². The van der Waals surface area contributed by atoms with Crippen LogP contribution in [0.3, 0.4) is 0 Å². The molecule has 7 nitrogen and oxygen atoms in total. The number of methoxy groups -OCH3 is 1. The molecule has 1 aromatic rings. The lowest BCUT2D eigenvalue weighted by Gasteiger charge is -2.08. The minimum atomic E-state index is -3.10. The fourth-order valence-corrected chi connectivity index (χ4v) is 1.36. The minimum absolute atomic E-state index is 0.220. The lowest BCUT2D eigenvalue weighted by atomic mass is 10.1. The standard InChI is InChI=1S/C9H8F2N2O5/c1-18-8-4(3-6(14)15)2-5(13(16)17)12-7(8)9(10)11/h2,9H,3H2,1H3,(H,14,15). The molecule has 1 aromatic heterocycles. The van der Waals surface area contributed by atoms with Gasteiger partial charge in [0.15, 0.2) is 5.75 Å². The van der Waals surface area contributed by atoms with Crippen LogP contribution < -0.4 is 4.74 Å². The second-order valence-electron chi connectivity index (χ2n) is 3.19. The van der Waals surface area contributed by atoms with Crippen molar-refractivity contribution in [2.24, 2.45) is 0 Å². The maximum absolute atomic E-state index is 12.7. The smallest absolute Gasteiger partial charge is 0.364 e. The van der Waals surface area contributed by atoms with Gasteiger partial charge in [-0.3, -0.25) is 4.79 Å². The molecule has 0 spiro atoms. The molecule has 0 amide bonds. The van der Waals surface area contributed by atoms with Crippen LogP contribution in [0, 0.1) is 10.1 Å². The third kappa shape index (κ3) is 2.87. The van der Waals surface area contributed by atoms with Crippen LogP contribution in [-0.4, -0.2) is 28.1 Å². The molecule has 1 heterocycles. The average molecular weight is 262 g/mol. The number of nitrogens with zero attached hydrogens (tertiary/aromatic N) is 2. The zero-order valence-corrected chi connectivity index (χ0v) is 9.09. The number of hydrogen-bond donors (Lipinski definition) is 1. The number of carbonyl (C=O) groups is 1. The number of pyridine rings is 1. The van der Waals surface area contributed by atoms with E-state index in [0.717, 1.165) is 13.2 Å². The largest absolute Gasteiger partial charge is 0.492 e. The zero-order valence-electron chi connectivity index (χ0n) is 9.09. The maximum atomic E-state index is 12.7. The Balaban J connectivity index is 3.45. The van der Waals surface area contributed by atoms with Gasteiger partial charge >= 0.3 is 18.2 Å². The number of rotatable bonds is 5. The van der Waals surface area contributed by atoms with Gasteiger partial charge in [-0.15, -0.1) is 0 Å². The Hall–Kier alpha value is -2.32. The van der Waals surface area contributed by atoms with E-state index in [4.69, 9.17) is 5.11 Å². The van der Waals surface area contributed by atoms with E-state index in [0.29, 0.717) is 0 Å². The normalized spacial score (nSPS) is 10.4. The Bertz CT molecular complexity index is 492. The topological polar surface area (TPSA) is 103 Å². The van der Waals surface area contributed by atoms with Gasteiger partial charge in [-0.05, 0) is 9.91 Å². The van der Waals surface area contributed by atoms with Crippen LogP contribution in [0.25, 0.3) is 0 Å². The average Bonchev–Trinajstić information content (AvgIpc) is 2.26. The van der Waals surface area contributed by atoms with Gasteiger partial charge in [-0.2, -0.15) is 0 Å². The highest BCUT2D eigenvalue weighted by Crippen LogP contribution is 2.33. The second kappa shape index (κ2) is 5.34. The Morgan fingerprint density at radius 1 is 1.67 bits per heavy atom. The van der Waals surface area contributed by atoms with Crippen molar-refractivity contribution in [3.05, 3.63) is 27.4 Å². The van der Waals surface area contributed by atoms with Gasteiger partial charge in [0.2, 0.25) is 0 Å². The van der Waals surface area contributed by atoms with E-state index in [1.165, 1.54) is 0 Å². The van der Waals surface area contributed by atoms with Crippen molar-refractivity contribution in [1.29, 1.82) is 0 Å². The number of nitro groups is 1. The molecule has 18 heavy (non-hydrogen) atoms. The fraction of sp³-hybridized carbons (Fsp3) is 0.333.